The van der Waals surface area contributed by atoms with Gasteiger partial charge in [0.1, 0.15) is 6.33 Å². The summed E-state index contributed by atoms with van der Waals surface area (Å²) in [6.45, 7) is 1.14. The van der Waals surface area contributed by atoms with Gasteiger partial charge in [-0.3, -0.25) is 4.79 Å². The van der Waals surface area contributed by atoms with Crippen LogP contribution >= 0.6 is 0 Å². The molecule has 0 aliphatic carbocycles. The van der Waals surface area contributed by atoms with Crippen molar-refractivity contribution in [1.82, 2.24) is 25.0 Å². The number of rotatable bonds is 3. The third-order valence-electron chi connectivity index (χ3n) is 3.26. The lowest BCUT2D eigenvalue weighted by Gasteiger charge is -2.30. The molecule has 1 fully saturated rings. The summed E-state index contributed by atoms with van der Waals surface area (Å²) in [5.41, 5.74) is 0. The molecule has 104 valence electrons. The molecule has 2 N–H and O–H groups in total. The van der Waals surface area contributed by atoms with Crippen LogP contribution < -0.4 is 5.32 Å². The molecule has 8 nitrogen and oxygen atoms in total. The second-order valence-electron chi connectivity index (χ2n) is 4.64. The van der Waals surface area contributed by atoms with Gasteiger partial charge in [-0.1, -0.05) is 0 Å². The second kappa shape index (κ2) is 5.68. The van der Waals surface area contributed by atoms with Crippen molar-refractivity contribution < 1.29 is 14.7 Å². The van der Waals surface area contributed by atoms with Gasteiger partial charge in [0.05, 0.1) is 12.5 Å². The Balaban J connectivity index is 1.86. The number of carboxylic acids is 1. The van der Waals surface area contributed by atoms with Crippen molar-refractivity contribution in [3.05, 3.63) is 12.2 Å². The number of aromatic nitrogens is 3. The first kappa shape index (κ1) is 13.3. The van der Waals surface area contributed by atoms with Gasteiger partial charge in [0.15, 0.2) is 5.82 Å². The van der Waals surface area contributed by atoms with E-state index in [4.69, 9.17) is 5.11 Å². The quantitative estimate of drug-likeness (QED) is 0.791. The van der Waals surface area contributed by atoms with Crippen LogP contribution in [0.4, 0.5) is 4.79 Å². The molecule has 0 radical (unpaired) electrons. The highest BCUT2D eigenvalue weighted by Gasteiger charge is 2.28. The molecule has 2 rings (SSSR count). The van der Waals surface area contributed by atoms with Crippen LogP contribution in [0.3, 0.4) is 0 Å². The summed E-state index contributed by atoms with van der Waals surface area (Å²) in [6.07, 6.45) is 2.90. The summed E-state index contributed by atoms with van der Waals surface area (Å²) in [5.74, 6) is -0.653. The Bertz CT molecular complexity index is 473. The average molecular weight is 267 g/mol. The summed E-state index contributed by atoms with van der Waals surface area (Å²) < 4.78 is 1.72. The van der Waals surface area contributed by atoms with E-state index in [2.05, 4.69) is 15.5 Å². The zero-order valence-corrected chi connectivity index (χ0v) is 10.7. The van der Waals surface area contributed by atoms with E-state index < -0.39 is 11.9 Å². The molecule has 0 unspecified atom stereocenters. The fourth-order valence-corrected chi connectivity index (χ4v) is 2.10. The normalized spacial score (nSPS) is 19.2. The Morgan fingerprint density at radius 1 is 1.58 bits per heavy atom. The molecular formula is C11H17N5O3. The van der Waals surface area contributed by atoms with Crippen molar-refractivity contribution in [2.24, 2.45) is 13.0 Å². The predicted octanol–water partition coefficient (Wildman–Crippen LogP) is -0.179. The minimum absolute atomic E-state index is 0.256. The van der Waals surface area contributed by atoms with Crippen LogP contribution in [0.2, 0.25) is 0 Å². The molecule has 2 amide bonds. The van der Waals surface area contributed by atoms with Crippen molar-refractivity contribution in [3.63, 3.8) is 0 Å². The lowest BCUT2D eigenvalue weighted by Crippen LogP contribution is -2.47. The average Bonchev–Trinajstić information content (AvgIpc) is 2.81. The topological polar surface area (TPSA) is 100 Å². The van der Waals surface area contributed by atoms with Gasteiger partial charge in [0.2, 0.25) is 0 Å². The predicted molar refractivity (Wildman–Crippen MR) is 65.2 cm³/mol. The summed E-state index contributed by atoms with van der Waals surface area (Å²) in [5, 5.41) is 19.3. The van der Waals surface area contributed by atoms with E-state index in [1.807, 2.05) is 0 Å². The Hall–Kier alpha value is -2.12. The highest BCUT2D eigenvalue weighted by Crippen LogP contribution is 2.16. The SMILES string of the molecule is Cn1cnnc1CNC(=O)N1CCC[C@@H](C(=O)O)C1. The number of amides is 2. The van der Waals surface area contributed by atoms with Crippen LogP contribution in [-0.2, 0) is 18.4 Å². The Kier molecular flexibility index (Phi) is 3.98. The first-order valence-corrected chi connectivity index (χ1v) is 6.16. The zero-order chi connectivity index (χ0) is 13.8. The Morgan fingerprint density at radius 3 is 3.00 bits per heavy atom. The zero-order valence-electron chi connectivity index (χ0n) is 10.7. The molecule has 1 aromatic heterocycles. The molecule has 1 aliphatic rings. The maximum atomic E-state index is 11.9. The molecule has 1 aromatic rings. The van der Waals surface area contributed by atoms with Crippen LogP contribution in [0, 0.1) is 5.92 Å². The summed E-state index contributed by atoms with van der Waals surface area (Å²) in [4.78, 5) is 24.4. The van der Waals surface area contributed by atoms with Gasteiger partial charge < -0.3 is 19.9 Å². The third-order valence-corrected chi connectivity index (χ3v) is 3.26. The highest BCUT2D eigenvalue weighted by molar-refractivity contribution is 5.76. The highest BCUT2D eigenvalue weighted by atomic mass is 16.4. The van der Waals surface area contributed by atoms with Crippen molar-refractivity contribution in [1.29, 1.82) is 0 Å². The molecule has 1 aliphatic heterocycles. The number of carbonyl (C=O) groups is 2. The Labute approximate surface area is 110 Å². The number of piperidine rings is 1. The number of carboxylic acid groups (broad SMARTS) is 1. The Morgan fingerprint density at radius 2 is 2.37 bits per heavy atom. The summed E-state index contributed by atoms with van der Waals surface area (Å²) in [6, 6.07) is -0.256. The molecule has 1 atom stereocenters. The van der Waals surface area contributed by atoms with Crippen molar-refractivity contribution in [3.8, 4) is 0 Å². The van der Waals surface area contributed by atoms with Crippen LogP contribution in [0.1, 0.15) is 18.7 Å². The number of likely N-dealkylation sites (tertiary alicyclic amines) is 1. The standard InChI is InChI=1S/C11H17N5O3/c1-15-7-13-14-9(15)5-12-11(19)16-4-2-3-8(6-16)10(17)18/h7-8H,2-6H2,1H3,(H,12,19)(H,17,18)/t8-/m1/s1. The van der Waals surface area contributed by atoms with E-state index in [1.165, 1.54) is 0 Å². The van der Waals surface area contributed by atoms with Crippen molar-refractivity contribution >= 4 is 12.0 Å². The first-order chi connectivity index (χ1) is 9.08. The molecule has 2 heterocycles. The van der Waals surface area contributed by atoms with E-state index in [-0.39, 0.29) is 19.1 Å². The van der Waals surface area contributed by atoms with Crippen LogP contribution in [-0.4, -0.2) is 49.9 Å². The molecule has 0 bridgehead atoms. The fraction of sp³-hybridized carbons (Fsp3) is 0.636. The number of aryl methyl sites for hydroxylation is 1. The van der Waals surface area contributed by atoms with Gasteiger partial charge in [-0.25, -0.2) is 4.79 Å². The largest absolute Gasteiger partial charge is 0.481 e. The molecule has 1 saturated heterocycles. The maximum absolute atomic E-state index is 11.9. The summed E-state index contributed by atoms with van der Waals surface area (Å²) >= 11 is 0. The molecule has 0 spiro atoms. The molecule has 8 heteroatoms. The number of nitrogens with zero attached hydrogens (tertiary/aromatic N) is 4. The van der Waals surface area contributed by atoms with E-state index in [1.54, 1.807) is 22.8 Å². The van der Waals surface area contributed by atoms with Gasteiger partial charge in [-0.2, -0.15) is 0 Å². The van der Waals surface area contributed by atoms with Crippen molar-refractivity contribution in [2.75, 3.05) is 13.1 Å². The number of hydrogen-bond acceptors (Lipinski definition) is 4. The first-order valence-electron chi connectivity index (χ1n) is 6.16. The van der Waals surface area contributed by atoms with Gasteiger partial charge in [-0.05, 0) is 12.8 Å². The van der Waals surface area contributed by atoms with Gasteiger partial charge in [0.25, 0.3) is 0 Å². The fourth-order valence-electron chi connectivity index (χ4n) is 2.10. The van der Waals surface area contributed by atoms with Crippen LogP contribution in [0.15, 0.2) is 6.33 Å². The second-order valence-corrected chi connectivity index (χ2v) is 4.64. The maximum Gasteiger partial charge on any atom is 0.317 e. The van der Waals surface area contributed by atoms with Gasteiger partial charge in [-0.15, -0.1) is 10.2 Å². The van der Waals surface area contributed by atoms with E-state index in [0.717, 1.165) is 0 Å². The number of urea groups is 1. The van der Waals surface area contributed by atoms with Gasteiger partial charge in [0, 0.05) is 20.1 Å². The number of hydrogen-bond donors (Lipinski definition) is 2. The van der Waals surface area contributed by atoms with E-state index >= 15 is 0 Å². The monoisotopic (exact) mass is 267 g/mol. The lowest BCUT2D eigenvalue weighted by atomic mass is 9.99. The molecule has 19 heavy (non-hydrogen) atoms. The smallest absolute Gasteiger partial charge is 0.317 e. The number of nitrogens with one attached hydrogen (secondary N) is 1. The van der Waals surface area contributed by atoms with Crippen molar-refractivity contribution in [2.45, 2.75) is 19.4 Å². The minimum atomic E-state index is -0.842. The number of aliphatic carboxylic acids is 1. The summed E-state index contributed by atoms with van der Waals surface area (Å²) in [7, 11) is 1.79. The molecule has 0 saturated carbocycles. The lowest BCUT2D eigenvalue weighted by molar-refractivity contribution is -0.143. The molecular weight excluding hydrogens is 250 g/mol. The van der Waals surface area contributed by atoms with Crippen LogP contribution in [0.5, 0.6) is 0 Å². The molecule has 0 aromatic carbocycles. The van der Waals surface area contributed by atoms with Gasteiger partial charge >= 0.3 is 12.0 Å². The number of carbonyl (C=O) groups excluding carboxylic acids is 1. The van der Waals surface area contributed by atoms with E-state index in [0.29, 0.717) is 25.2 Å². The minimum Gasteiger partial charge on any atom is -0.481 e. The van der Waals surface area contributed by atoms with Crippen LogP contribution in [0.25, 0.3) is 0 Å². The third kappa shape index (κ3) is 3.21. The van der Waals surface area contributed by atoms with E-state index in [9.17, 15) is 9.59 Å².